The Bertz CT molecular complexity index is 694. The number of carbonyl (C=O) groups excluding carboxylic acids is 1. The Balaban J connectivity index is 3.71. The monoisotopic (exact) mass is 664 g/mol. The molecule has 5 nitrogen and oxygen atoms in total. The maximum Gasteiger partial charge on any atom is 0.220 e. The Morgan fingerprint density at radius 2 is 0.872 bits per heavy atom. The molecule has 0 saturated heterocycles. The van der Waals surface area contributed by atoms with Crippen molar-refractivity contribution >= 4 is 5.91 Å². The summed E-state index contributed by atoms with van der Waals surface area (Å²) >= 11 is 0. The van der Waals surface area contributed by atoms with Gasteiger partial charge in [-0.25, -0.2) is 0 Å². The minimum Gasteiger partial charge on any atom is -0.394 e. The number of aliphatic hydroxyl groups excluding tert-OH is 3. The smallest absolute Gasteiger partial charge is 0.220 e. The molecular formula is C42H81NO4. The van der Waals surface area contributed by atoms with E-state index in [9.17, 15) is 20.1 Å². The number of hydrogen-bond donors (Lipinski definition) is 4. The van der Waals surface area contributed by atoms with Gasteiger partial charge in [-0.1, -0.05) is 179 Å². The fraction of sp³-hybridized carbons (Fsp3) is 0.881. The number of hydrogen-bond acceptors (Lipinski definition) is 4. The van der Waals surface area contributed by atoms with E-state index in [1.54, 1.807) is 0 Å². The summed E-state index contributed by atoms with van der Waals surface area (Å²) < 4.78 is 0. The highest BCUT2D eigenvalue weighted by molar-refractivity contribution is 5.76. The molecule has 0 aromatic carbocycles. The van der Waals surface area contributed by atoms with Gasteiger partial charge in [-0.15, -0.1) is 0 Å². The van der Waals surface area contributed by atoms with Crippen molar-refractivity contribution in [2.45, 2.75) is 231 Å². The Kier molecular flexibility index (Phi) is 36.7. The largest absolute Gasteiger partial charge is 0.394 e. The van der Waals surface area contributed by atoms with Crippen LogP contribution < -0.4 is 5.32 Å². The third-order valence-electron chi connectivity index (χ3n) is 9.54. The molecule has 0 saturated carbocycles. The van der Waals surface area contributed by atoms with E-state index >= 15 is 0 Å². The van der Waals surface area contributed by atoms with Crippen LogP contribution in [0, 0.1) is 0 Å². The third-order valence-corrected chi connectivity index (χ3v) is 9.54. The molecule has 1 amide bonds. The van der Waals surface area contributed by atoms with E-state index < -0.39 is 18.2 Å². The summed E-state index contributed by atoms with van der Waals surface area (Å²) in [7, 11) is 0. The first kappa shape index (κ1) is 45.8. The second kappa shape index (κ2) is 37.6. The average molecular weight is 664 g/mol. The molecular weight excluding hydrogens is 582 g/mol. The van der Waals surface area contributed by atoms with E-state index in [0.29, 0.717) is 12.8 Å². The fourth-order valence-corrected chi connectivity index (χ4v) is 6.30. The van der Waals surface area contributed by atoms with E-state index in [-0.39, 0.29) is 12.5 Å². The molecule has 0 rings (SSSR count). The fourth-order valence-electron chi connectivity index (χ4n) is 6.30. The molecule has 0 aliphatic heterocycles. The van der Waals surface area contributed by atoms with Gasteiger partial charge in [0.15, 0.2) is 0 Å². The van der Waals surface area contributed by atoms with Crippen molar-refractivity contribution in [2.75, 3.05) is 6.61 Å². The zero-order valence-electron chi connectivity index (χ0n) is 31.4. The molecule has 3 atom stereocenters. The van der Waals surface area contributed by atoms with Crippen LogP contribution in [0.25, 0.3) is 0 Å². The SMILES string of the molecule is CCCCCCCCCC/C=C/CC/C=C/CCCC(O)C(O)C(CO)NC(=O)CCCCCCCCCCCCCCCCCC. The maximum atomic E-state index is 12.4. The van der Waals surface area contributed by atoms with Gasteiger partial charge in [-0.05, 0) is 51.4 Å². The second-order valence-corrected chi connectivity index (χ2v) is 14.2. The Morgan fingerprint density at radius 1 is 0.511 bits per heavy atom. The Morgan fingerprint density at radius 3 is 1.30 bits per heavy atom. The van der Waals surface area contributed by atoms with Crippen LogP contribution in [0.4, 0.5) is 0 Å². The molecule has 0 aliphatic carbocycles. The van der Waals surface area contributed by atoms with Crippen molar-refractivity contribution in [3.63, 3.8) is 0 Å². The molecule has 5 heteroatoms. The highest BCUT2D eigenvalue weighted by Gasteiger charge is 2.26. The third kappa shape index (κ3) is 33.1. The molecule has 0 aliphatic rings. The summed E-state index contributed by atoms with van der Waals surface area (Å²) in [6, 6.07) is -0.827. The average Bonchev–Trinajstić information content (AvgIpc) is 3.07. The predicted octanol–water partition coefficient (Wildman–Crippen LogP) is 11.4. The summed E-state index contributed by atoms with van der Waals surface area (Å²) in [6.45, 7) is 4.16. The van der Waals surface area contributed by atoms with E-state index in [1.807, 2.05) is 0 Å². The van der Waals surface area contributed by atoms with E-state index in [4.69, 9.17) is 0 Å². The molecule has 0 radical (unpaired) electrons. The molecule has 0 heterocycles. The van der Waals surface area contributed by atoms with Crippen LogP contribution in [0.3, 0.4) is 0 Å². The van der Waals surface area contributed by atoms with E-state index in [0.717, 1.165) is 44.9 Å². The molecule has 47 heavy (non-hydrogen) atoms. The zero-order valence-corrected chi connectivity index (χ0v) is 31.4. The molecule has 0 aromatic heterocycles. The van der Waals surface area contributed by atoms with Crippen LogP contribution in [0.5, 0.6) is 0 Å². The highest BCUT2D eigenvalue weighted by atomic mass is 16.3. The molecule has 278 valence electrons. The number of allylic oxidation sites excluding steroid dienone is 4. The summed E-state index contributed by atoms with van der Waals surface area (Å²) in [4.78, 5) is 12.4. The van der Waals surface area contributed by atoms with Gasteiger partial charge in [-0.2, -0.15) is 0 Å². The van der Waals surface area contributed by atoms with Gasteiger partial charge in [0, 0.05) is 6.42 Å². The second-order valence-electron chi connectivity index (χ2n) is 14.2. The van der Waals surface area contributed by atoms with Crippen LogP contribution in [-0.4, -0.2) is 46.1 Å². The summed E-state index contributed by atoms with van der Waals surface area (Å²) in [5.74, 6) is -0.157. The topological polar surface area (TPSA) is 89.8 Å². The minimum atomic E-state index is -1.16. The lowest BCUT2D eigenvalue weighted by Gasteiger charge is -2.26. The first-order valence-corrected chi connectivity index (χ1v) is 20.6. The molecule has 3 unspecified atom stereocenters. The van der Waals surface area contributed by atoms with Gasteiger partial charge in [0.1, 0.15) is 6.10 Å². The van der Waals surface area contributed by atoms with Gasteiger partial charge >= 0.3 is 0 Å². The van der Waals surface area contributed by atoms with Gasteiger partial charge in [0.25, 0.3) is 0 Å². The van der Waals surface area contributed by atoms with Crippen molar-refractivity contribution in [3.05, 3.63) is 24.3 Å². The lowest BCUT2D eigenvalue weighted by atomic mass is 10.0. The quantitative estimate of drug-likeness (QED) is 0.0393. The minimum absolute atomic E-state index is 0.157. The summed E-state index contributed by atoms with van der Waals surface area (Å²) in [6.07, 6.45) is 44.2. The zero-order chi connectivity index (χ0) is 34.5. The van der Waals surface area contributed by atoms with Crippen molar-refractivity contribution in [1.29, 1.82) is 0 Å². The lowest BCUT2D eigenvalue weighted by molar-refractivity contribution is -0.124. The van der Waals surface area contributed by atoms with Crippen molar-refractivity contribution in [3.8, 4) is 0 Å². The van der Waals surface area contributed by atoms with Crippen molar-refractivity contribution < 1.29 is 20.1 Å². The van der Waals surface area contributed by atoms with Crippen molar-refractivity contribution in [2.24, 2.45) is 0 Å². The Labute approximate surface area is 292 Å². The number of carbonyl (C=O) groups is 1. The summed E-state index contributed by atoms with van der Waals surface area (Å²) in [5, 5.41) is 33.4. The van der Waals surface area contributed by atoms with Gasteiger partial charge < -0.3 is 20.6 Å². The molecule has 0 fully saturated rings. The normalized spacial score (nSPS) is 13.9. The Hall–Kier alpha value is -1.17. The summed E-state index contributed by atoms with van der Waals surface area (Å²) in [5.41, 5.74) is 0. The highest BCUT2D eigenvalue weighted by Crippen LogP contribution is 2.15. The number of rotatable bonds is 37. The first-order valence-electron chi connectivity index (χ1n) is 20.6. The van der Waals surface area contributed by atoms with Crippen LogP contribution in [0.15, 0.2) is 24.3 Å². The number of aliphatic hydroxyl groups is 3. The van der Waals surface area contributed by atoms with E-state index in [2.05, 4.69) is 43.5 Å². The lowest BCUT2D eigenvalue weighted by Crippen LogP contribution is -2.50. The number of unbranched alkanes of at least 4 members (excludes halogenated alkanes) is 25. The number of nitrogens with one attached hydrogen (secondary N) is 1. The molecule has 4 N–H and O–H groups in total. The number of amides is 1. The van der Waals surface area contributed by atoms with Crippen molar-refractivity contribution in [1.82, 2.24) is 5.32 Å². The molecule has 0 spiro atoms. The van der Waals surface area contributed by atoms with Gasteiger partial charge in [0.05, 0.1) is 18.8 Å². The maximum absolute atomic E-state index is 12.4. The standard InChI is InChI=1S/C42H81NO4/c1-3-5-7-9-11-13-15-17-19-21-22-24-26-28-30-32-34-36-40(45)42(47)39(38-44)43-41(46)37-35-33-31-29-27-25-23-20-18-16-14-12-10-8-6-4-2/h21-22,28,30,39-40,42,44-45,47H,3-20,23-27,29,31-38H2,1-2H3,(H,43,46)/b22-21+,30-28+. The van der Waals surface area contributed by atoms with E-state index in [1.165, 1.54) is 141 Å². The predicted molar refractivity (Wildman–Crippen MR) is 204 cm³/mol. The van der Waals surface area contributed by atoms with Crippen LogP contribution in [0.2, 0.25) is 0 Å². The first-order chi connectivity index (χ1) is 23.1. The van der Waals surface area contributed by atoms with Crippen LogP contribution in [-0.2, 0) is 4.79 Å². The molecule has 0 aromatic rings. The van der Waals surface area contributed by atoms with Crippen LogP contribution >= 0.6 is 0 Å². The van der Waals surface area contributed by atoms with Gasteiger partial charge in [-0.3, -0.25) is 4.79 Å². The molecule has 0 bridgehead atoms. The van der Waals surface area contributed by atoms with Crippen LogP contribution in [0.1, 0.15) is 213 Å². The van der Waals surface area contributed by atoms with Gasteiger partial charge in [0.2, 0.25) is 5.91 Å².